The van der Waals surface area contributed by atoms with Crippen LogP contribution in [0.3, 0.4) is 0 Å². The van der Waals surface area contributed by atoms with Gasteiger partial charge in [0.1, 0.15) is 60.1 Å². The molecule has 11 amide bonds. The maximum absolute atomic E-state index is 14.8. The number of nitrogens with one attached hydrogen (secondary N) is 8. The van der Waals surface area contributed by atoms with Crippen LogP contribution in [0.25, 0.3) is 0 Å². The number of hydrogen-bond donors (Lipinski definition) is 18. The normalized spacial score (nSPS) is 16.8. The first kappa shape index (κ1) is 82.6. The van der Waals surface area contributed by atoms with Crippen LogP contribution in [0.15, 0.2) is 69.6 Å². The van der Waals surface area contributed by atoms with Gasteiger partial charge in [0, 0.05) is 39.1 Å². The summed E-state index contributed by atoms with van der Waals surface area (Å²) in [7, 11) is 0. The monoisotopic (exact) mass is 1400 g/mol. The van der Waals surface area contributed by atoms with Crippen LogP contribution < -0.4 is 94.1 Å². The fraction of sp³-hybridized carbons (Fsp3) is 0.606. The molecular weight excluding hydrogens is 1290 g/mol. The predicted octanol–water partition coefficient (Wildman–Crippen LogP) is -4.14. The first-order valence-electron chi connectivity index (χ1n) is 34.3. The third kappa shape index (κ3) is 28.5. The van der Waals surface area contributed by atoms with Gasteiger partial charge in [-0.05, 0) is 138 Å². The molecule has 0 aliphatic carbocycles. The lowest BCUT2D eigenvalue weighted by molar-refractivity contribution is -0.142. The Hall–Kier alpha value is -9.86. The van der Waals surface area contributed by atoms with Gasteiger partial charge in [-0.15, -0.1) is 0 Å². The number of rotatable bonds is 43. The van der Waals surface area contributed by atoms with E-state index in [9.17, 15) is 57.8 Å². The van der Waals surface area contributed by atoms with E-state index in [4.69, 9.17) is 51.6 Å². The van der Waals surface area contributed by atoms with Gasteiger partial charge in [0.2, 0.25) is 65.0 Å². The smallest absolute Gasteiger partial charge is 0.245 e. The molecule has 2 heterocycles. The van der Waals surface area contributed by atoms with Crippen LogP contribution in [-0.4, -0.2) is 204 Å². The second-order valence-corrected chi connectivity index (χ2v) is 25.7. The number of nitrogens with zero attached hydrogens (tertiary/aromatic N) is 5. The van der Waals surface area contributed by atoms with Crippen LogP contribution in [0.2, 0.25) is 0 Å². The number of guanidine groups is 3. The number of phenols is 1. The number of aromatic hydroxyl groups is 1. The lowest BCUT2D eigenvalue weighted by Crippen LogP contribution is -2.61. The van der Waals surface area contributed by atoms with E-state index in [2.05, 4.69) is 57.5 Å². The molecule has 0 saturated carbocycles. The highest BCUT2D eigenvalue weighted by Gasteiger charge is 2.42. The Bertz CT molecular complexity index is 3130. The van der Waals surface area contributed by atoms with E-state index in [1.54, 1.807) is 70.2 Å². The SMILES string of the molecule is CCC(C)C(NC(=O)C(CCCN=C(N)N)NC(=O)C(CCCN=C(N)N)NC(=O)C(CC(C)C)NC(=O)C(Cc1ccccc1)NC(=O)C1CCCN1C(=O)CNC(=O)C(N)Cc1ccc(O)cc1)C(=O)NC(CCCN=C(N)N)C(=O)N1CCCC1C(=O)NC(CCCCN)C(N)=O. The molecule has 554 valence electrons. The number of likely N-dealkylation sites (tertiary alicyclic amines) is 2. The van der Waals surface area contributed by atoms with E-state index in [-0.39, 0.29) is 139 Å². The van der Waals surface area contributed by atoms with Gasteiger partial charge in [-0.2, -0.15) is 0 Å². The molecule has 2 aliphatic rings. The zero-order chi connectivity index (χ0) is 74.0. The molecule has 34 nitrogen and oxygen atoms in total. The number of carbonyl (C=O) groups excluding carboxylic acids is 11. The van der Waals surface area contributed by atoms with Gasteiger partial charge in [-0.3, -0.25) is 67.7 Å². The van der Waals surface area contributed by atoms with Gasteiger partial charge in [0.15, 0.2) is 17.9 Å². The van der Waals surface area contributed by atoms with Gasteiger partial charge in [-0.25, -0.2) is 0 Å². The molecule has 2 saturated heterocycles. The Balaban J connectivity index is 1.61. The van der Waals surface area contributed by atoms with Crippen molar-refractivity contribution in [1.29, 1.82) is 0 Å². The average Bonchev–Trinajstić information content (AvgIpc) is 1.61. The van der Waals surface area contributed by atoms with E-state index in [0.717, 1.165) is 0 Å². The molecule has 2 aromatic rings. The van der Waals surface area contributed by atoms with E-state index in [1.165, 1.54) is 21.9 Å². The van der Waals surface area contributed by atoms with Crippen molar-refractivity contribution in [2.24, 2.45) is 78.4 Å². The van der Waals surface area contributed by atoms with Gasteiger partial charge < -0.3 is 109 Å². The van der Waals surface area contributed by atoms with E-state index < -0.39 is 138 Å². The number of benzene rings is 2. The van der Waals surface area contributed by atoms with Crippen LogP contribution in [-0.2, 0) is 65.6 Å². The quantitative estimate of drug-likeness (QED) is 0.0170. The Labute approximate surface area is 583 Å². The van der Waals surface area contributed by atoms with E-state index in [1.807, 2.05) is 0 Å². The minimum Gasteiger partial charge on any atom is -0.508 e. The Morgan fingerprint density at radius 1 is 0.520 bits per heavy atom. The van der Waals surface area contributed by atoms with Crippen LogP contribution in [0.1, 0.15) is 135 Å². The highest BCUT2D eigenvalue weighted by molar-refractivity contribution is 5.99. The molecule has 11 unspecified atom stereocenters. The van der Waals surface area contributed by atoms with Crippen molar-refractivity contribution >= 4 is 82.9 Å². The molecule has 0 radical (unpaired) electrons. The summed E-state index contributed by atoms with van der Waals surface area (Å²) in [5, 5.41) is 31.6. The summed E-state index contributed by atoms with van der Waals surface area (Å²) in [5.41, 5.74) is 52.5. The molecule has 34 heteroatoms. The summed E-state index contributed by atoms with van der Waals surface area (Å²) in [6.45, 7) is 7.38. The van der Waals surface area contributed by atoms with E-state index >= 15 is 0 Å². The second-order valence-electron chi connectivity index (χ2n) is 25.7. The van der Waals surface area contributed by atoms with Crippen molar-refractivity contribution < 1.29 is 57.8 Å². The number of primary amides is 1. The molecule has 2 aliphatic heterocycles. The Kier molecular flexibility index (Phi) is 35.4. The van der Waals surface area contributed by atoms with Crippen LogP contribution in [0, 0.1) is 11.8 Å². The Morgan fingerprint density at radius 3 is 1.50 bits per heavy atom. The maximum Gasteiger partial charge on any atom is 0.245 e. The first-order chi connectivity index (χ1) is 47.5. The number of amides is 11. The van der Waals surface area contributed by atoms with Crippen molar-refractivity contribution in [3.05, 3.63) is 65.7 Å². The molecule has 0 bridgehead atoms. The number of nitrogens with two attached hydrogens (primary N) is 9. The molecular formula is C66H108N22O12. The van der Waals surface area contributed by atoms with Crippen LogP contribution in [0.4, 0.5) is 0 Å². The minimum absolute atomic E-state index is 0.00568. The minimum atomic E-state index is -1.43. The van der Waals surface area contributed by atoms with Crippen molar-refractivity contribution in [1.82, 2.24) is 52.3 Å². The van der Waals surface area contributed by atoms with Crippen molar-refractivity contribution in [2.75, 3.05) is 45.8 Å². The van der Waals surface area contributed by atoms with Crippen molar-refractivity contribution in [3.8, 4) is 5.75 Å². The van der Waals surface area contributed by atoms with Crippen LogP contribution >= 0.6 is 0 Å². The van der Waals surface area contributed by atoms with Gasteiger partial charge in [0.25, 0.3) is 0 Å². The van der Waals surface area contributed by atoms with Crippen LogP contribution in [0.5, 0.6) is 5.75 Å². The fourth-order valence-electron chi connectivity index (χ4n) is 11.6. The van der Waals surface area contributed by atoms with Crippen molar-refractivity contribution in [3.63, 3.8) is 0 Å². The zero-order valence-electron chi connectivity index (χ0n) is 58.0. The molecule has 0 aromatic heterocycles. The summed E-state index contributed by atoms with van der Waals surface area (Å²) in [6, 6.07) is 2.68. The molecule has 4 rings (SSSR count). The van der Waals surface area contributed by atoms with Crippen molar-refractivity contribution in [2.45, 2.75) is 197 Å². The largest absolute Gasteiger partial charge is 0.508 e. The number of unbranched alkanes of at least 4 members (excludes halogenated alkanes) is 1. The summed E-state index contributed by atoms with van der Waals surface area (Å²) < 4.78 is 0. The number of phenolic OH excluding ortho intramolecular Hbond substituents is 1. The number of hydrogen-bond acceptors (Lipinski definition) is 17. The third-order valence-corrected chi connectivity index (χ3v) is 17.2. The standard InChI is InChI=1S/C66H108N22O12/c1-5-39(4)53(62(99)83-47(21-13-31-78-66(74)75)63(100)88-33-15-23-51(88)61(98)80-44(54(69)91)18-9-10-28-67)86-57(94)46(20-12-30-77-65(72)73)81-56(93)45(19-11-29-76-64(70)71)82-58(95)48(34-38(2)3)84-59(96)49(36-40-16-7-6-8-17-40)85-60(97)50-22-14-32-87(50)52(90)37-79-55(92)43(68)35-41-24-26-42(89)27-25-41/h6-8,16-17,24-27,38-39,43-51,53,89H,5,9-15,18-23,28-37,67-68H2,1-4H3,(H2,69,91)(H,79,92)(H,80,98)(H,81,93)(H,82,95)(H,83,99)(H,84,96)(H,85,97)(H,86,94)(H4,70,71,76)(H4,72,73,77)(H4,74,75,78). The average molecular weight is 1400 g/mol. The zero-order valence-corrected chi connectivity index (χ0v) is 58.0. The molecule has 27 N–H and O–H groups in total. The van der Waals surface area contributed by atoms with Gasteiger partial charge >= 0.3 is 0 Å². The molecule has 2 aromatic carbocycles. The molecule has 0 spiro atoms. The molecule has 2 fully saturated rings. The maximum atomic E-state index is 14.8. The fourth-order valence-corrected chi connectivity index (χ4v) is 11.6. The third-order valence-electron chi connectivity index (χ3n) is 17.2. The van der Waals surface area contributed by atoms with Gasteiger partial charge in [-0.1, -0.05) is 76.6 Å². The topological polar surface area (TPSA) is 582 Å². The van der Waals surface area contributed by atoms with Gasteiger partial charge in [0.05, 0.1) is 12.6 Å². The Morgan fingerprint density at radius 2 is 0.980 bits per heavy atom. The molecule has 11 atom stereocenters. The van der Waals surface area contributed by atoms with E-state index in [0.29, 0.717) is 49.8 Å². The molecule has 100 heavy (non-hydrogen) atoms. The first-order valence-corrected chi connectivity index (χ1v) is 34.3. The summed E-state index contributed by atoms with van der Waals surface area (Å²) >= 11 is 0. The lowest BCUT2D eigenvalue weighted by atomic mass is 9.96. The summed E-state index contributed by atoms with van der Waals surface area (Å²) in [4.78, 5) is 170. The summed E-state index contributed by atoms with van der Waals surface area (Å²) in [6.07, 6.45) is 3.25. The lowest BCUT2D eigenvalue weighted by Gasteiger charge is -2.32. The highest BCUT2D eigenvalue weighted by Crippen LogP contribution is 2.23. The summed E-state index contributed by atoms with van der Waals surface area (Å²) in [5.74, 6) is -9.39. The number of aliphatic imine (C=N–C) groups is 3. The highest BCUT2D eigenvalue weighted by atomic mass is 16.3. The second kappa shape index (κ2) is 42.8. The number of carbonyl (C=O) groups is 11. The predicted molar refractivity (Wildman–Crippen MR) is 377 cm³/mol.